The molecule has 2 heterocycles. The molecule has 0 atom stereocenters. The van der Waals surface area contributed by atoms with E-state index in [-0.39, 0.29) is 5.91 Å². The molecule has 5 nitrogen and oxygen atoms in total. The van der Waals surface area contributed by atoms with Gasteiger partial charge in [-0.05, 0) is 63.1 Å². The van der Waals surface area contributed by atoms with Crippen LogP contribution in [0.5, 0.6) is 5.75 Å². The van der Waals surface area contributed by atoms with Crippen LogP contribution in [-0.2, 0) is 4.79 Å². The number of carbonyl (C=O) groups is 1. The van der Waals surface area contributed by atoms with Crippen molar-refractivity contribution in [1.82, 2.24) is 4.98 Å². The van der Waals surface area contributed by atoms with Gasteiger partial charge in [-0.3, -0.25) is 4.79 Å². The maximum absolute atomic E-state index is 12.9. The molecule has 0 aliphatic rings. The molecular weight excluding hydrogens is 456 g/mol. The summed E-state index contributed by atoms with van der Waals surface area (Å²) >= 11 is 1.64. The van der Waals surface area contributed by atoms with Gasteiger partial charge in [0.1, 0.15) is 11.3 Å². The van der Waals surface area contributed by atoms with E-state index >= 15 is 0 Å². The number of hydrogen-bond acceptors (Lipinski definition) is 5. The molecule has 2 aromatic heterocycles. The standard InChI is InChI=1S/C29H26N2O3S/c1-16-6-8-20(9-7-16)24-15-34-29-18(3)28(33-5)22(14-23(24)29)17(2)12-27(32)31-21-10-11-26-25(13-21)30-19(4)35-26/h6-15H,1-5H3,(H,31,32)/b17-12+. The smallest absolute Gasteiger partial charge is 0.248 e. The molecule has 6 heteroatoms. The number of allylic oxidation sites excluding steroid dienone is 1. The number of nitrogens with one attached hydrogen (secondary N) is 1. The van der Waals surface area contributed by atoms with E-state index in [1.165, 1.54) is 5.56 Å². The Morgan fingerprint density at radius 3 is 2.60 bits per heavy atom. The van der Waals surface area contributed by atoms with Gasteiger partial charge in [0.05, 0.1) is 28.6 Å². The number of methoxy groups -OCH3 is 1. The Bertz CT molecular complexity index is 1610. The number of hydrogen-bond donors (Lipinski definition) is 1. The first-order chi connectivity index (χ1) is 16.8. The third-order valence-corrected chi connectivity index (χ3v) is 7.10. The Labute approximate surface area is 208 Å². The highest BCUT2D eigenvalue weighted by atomic mass is 32.1. The zero-order valence-electron chi connectivity index (χ0n) is 20.4. The third-order valence-electron chi connectivity index (χ3n) is 6.15. The van der Waals surface area contributed by atoms with Crippen LogP contribution < -0.4 is 10.1 Å². The fourth-order valence-corrected chi connectivity index (χ4v) is 5.21. The number of carbonyl (C=O) groups excluding carboxylic acids is 1. The molecule has 0 saturated carbocycles. The van der Waals surface area contributed by atoms with Crippen LogP contribution >= 0.6 is 11.3 Å². The monoisotopic (exact) mass is 482 g/mol. The first kappa shape index (κ1) is 22.9. The number of nitrogens with zero attached hydrogens (tertiary/aromatic N) is 1. The molecule has 5 rings (SSSR count). The van der Waals surface area contributed by atoms with Gasteiger partial charge in [-0.2, -0.15) is 0 Å². The summed E-state index contributed by atoms with van der Waals surface area (Å²) in [5, 5.41) is 4.95. The van der Waals surface area contributed by atoms with Crippen LogP contribution in [-0.4, -0.2) is 18.0 Å². The number of aryl methyl sites for hydroxylation is 3. The fraction of sp³-hybridized carbons (Fsp3) is 0.172. The largest absolute Gasteiger partial charge is 0.496 e. The predicted octanol–water partition coefficient (Wildman–Crippen LogP) is 7.69. The molecule has 1 N–H and O–H groups in total. The number of aromatic nitrogens is 1. The minimum Gasteiger partial charge on any atom is -0.496 e. The second kappa shape index (κ2) is 9.04. The quantitative estimate of drug-likeness (QED) is 0.261. The molecule has 0 fully saturated rings. The lowest BCUT2D eigenvalue weighted by Crippen LogP contribution is -2.08. The highest BCUT2D eigenvalue weighted by Gasteiger charge is 2.19. The molecule has 0 aliphatic heterocycles. The Balaban J connectivity index is 1.51. The van der Waals surface area contributed by atoms with Gasteiger partial charge in [0.15, 0.2) is 0 Å². The molecule has 5 aromatic rings. The molecule has 0 saturated heterocycles. The van der Waals surface area contributed by atoms with Crippen molar-refractivity contribution in [3.8, 4) is 16.9 Å². The van der Waals surface area contributed by atoms with E-state index in [0.29, 0.717) is 11.4 Å². The van der Waals surface area contributed by atoms with E-state index in [0.717, 1.165) is 54.0 Å². The topological polar surface area (TPSA) is 64.4 Å². The molecule has 1 amide bonds. The van der Waals surface area contributed by atoms with E-state index in [9.17, 15) is 4.79 Å². The number of rotatable bonds is 5. The second-order valence-corrected chi connectivity index (χ2v) is 9.94. The van der Waals surface area contributed by atoms with E-state index in [2.05, 4.69) is 41.5 Å². The normalized spacial score (nSPS) is 11.9. The highest BCUT2D eigenvalue weighted by Crippen LogP contribution is 2.40. The molecule has 0 radical (unpaired) electrons. The molecule has 35 heavy (non-hydrogen) atoms. The molecule has 3 aromatic carbocycles. The van der Waals surface area contributed by atoms with E-state index in [4.69, 9.17) is 9.15 Å². The van der Waals surface area contributed by atoms with Gasteiger partial charge in [-0.15, -0.1) is 11.3 Å². The highest BCUT2D eigenvalue weighted by molar-refractivity contribution is 7.18. The van der Waals surface area contributed by atoms with Crippen LogP contribution in [0, 0.1) is 20.8 Å². The number of anilines is 1. The minimum atomic E-state index is -0.209. The lowest BCUT2D eigenvalue weighted by Gasteiger charge is -2.13. The number of amides is 1. The lowest BCUT2D eigenvalue weighted by atomic mass is 9.96. The molecule has 0 bridgehead atoms. The summed E-state index contributed by atoms with van der Waals surface area (Å²) in [6.07, 6.45) is 3.39. The summed E-state index contributed by atoms with van der Waals surface area (Å²) in [6, 6.07) is 16.2. The van der Waals surface area contributed by atoms with Crippen LogP contribution in [0.3, 0.4) is 0 Å². The average Bonchev–Trinajstić information content (AvgIpc) is 3.42. The van der Waals surface area contributed by atoms with E-state index in [1.54, 1.807) is 30.8 Å². The van der Waals surface area contributed by atoms with E-state index < -0.39 is 0 Å². The van der Waals surface area contributed by atoms with Gasteiger partial charge in [-0.1, -0.05) is 29.8 Å². The van der Waals surface area contributed by atoms with Crippen molar-refractivity contribution in [2.24, 2.45) is 0 Å². The zero-order chi connectivity index (χ0) is 24.7. The third kappa shape index (κ3) is 4.33. The molecular formula is C29H26N2O3S. The van der Waals surface area contributed by atoms with Crippen molar-refractivity contribution in [3.05, 3.63) is 82.6 Å². The number of fused-ring (bicyclic) bond motifs is 2. The Hall–Kier alpha value is -3.90. The molecule has 0 aliphatic carbocycles. The van der Waals surface area contributed by atoms with Gasteiger partial charge in [0.25, 0.3) is 0 Å². The van der Waals surface area contributed by atoms with Gasteiger partial charge in [0.2, 0.25) is 5.91 Å². The Kier molecular flexibility index (Phi) is 5.91. The molecule has 0 unspecified atom stereocenters. The van der Waals surface area contributed by atoms with Gasteiger partial charge in [-0.25, -0.2) is 4.98 Å². The summed E-state index contributed by atoms with van der Waals surface area (Å²) in [7, 11) is 1.64. The minimum absolute atomic E-state index is 0.209. The fourth-order valence-electron chi connectivity index (χ4n) is 4.40. The molecule has 176 valence electrons. The number of furan rings is 1. The first-order valence-corrected chi connectivity index (χ1v) is 12.2. The maximum atomic E-state index is 12.9. The maximum Gasteiger partial charge on any atom is 0.248 e. The van der Waals surface area contributed by atoms with Crippen molar-refractivity contribution < 1.29 is 13.9 Å². The summed E-state index contributed by atoms with van der Waals surface area (Å²) in [6.45, 7) is 7.94. The van der Waals surface area contributed by atoms with Gasteiger partial charge < -0.3 is 14.5 Å². The van der Waals surface area contributed by atoms with Crippen LogP contribution in [0.1, 0.15) is 28.6 Å². The zero-order valence-corrected chi connectivity index (χ0v) is 21.2. The van der Waals surface area contributed by atoms with Crippen molar-refractivity contribution in [1.29, 1.82) is 0 Å². The van der Waals surface area contributed by atoms with E-state index in [1.807, 2.05) is 45.0 Å². The van der Waals surface area contributed by atoms with Crippen LogP contribution in [0.25, 0.3) is 37.9 Å². The Morgan fingerprint density at radius 2 is 1.86 bits per heavy atom. The Morgan fingerprint density at radius 1 is 1.09 bits per heavy atom. The number of benzene rings is 3. The summed E-state index contributed by atoms with van der Waals surface area (Å²) in [4.78, 5) is 17.4. The van der Waals surface area contributed by atoms with Crippen molar-refractivity contribution in [2.45, 2.75) is 27.7 Å². The average molecular weight is 483 g/mol. The summed E-state index contributed by atoms with van der Waals surface area (Å²) in [5.41, 5.74) is 8.23. The SMILES string of the molecule is COc1c(/C(C)=C/C(=O)Nc2ccc3sc(C)nc3c2)cc2c(-c3ccc(C)cc3)coc2c1C. The summed E-state index contributed by atoms with van der Waals surface area (Å²) in [5.74, 6) is 0.489. The van der Waals surface area contributed by atoms with Gasteiger partial charge >= 0.3 is 0 Å². The number of ether oxygens (including phenoxy) is 1. The van der Waals surface area contributed by atoms with Crippen LogP contribution in [0.15, 0.2) is 65.3 Å². The first-order valence-electron chi connectivity index (χ1n) is 11.4. The predicted molar refractivity (Wildman–Crippen MR) is 144 cm³/mol. The second-order valence-electron chi connectivity index (χ2n) is 8.71. The van der Waals surface area contributed by atoms with Gasteiger partial charge in [0, 0.05) is 33.8 Å². The van der Waals surface area contributed by atoms with Crippen molar-refractivity contribution in [3.63, 3.8) is 0 Å². The van der Waals surface area contributed by atoms with Crippen molar-refractivity contribution in [2.75, 3.05) is 12.4 Å². The lowest BCUT2D eigenvalue weighted by molar-refractivity contribution is -0.111. The van der Waals surface area contributed by atoms with Crippen molar-refractivity contribution >= 4 is 49.7 Å². The van der Waals surface area contributed by atoms with Crippen LogP contribution in [0.2, 0.25) is 0 Å². The van der Waals surface area contributed by atoms with Crippen LogP contribution in [0.4, 0.5) is 5.69 Å². The number of thiazole rings is 1. The summed E-state index contributed by atoms with van der Waals surface area (Å²) < 4.78 is 12.8. The molecule has 0 spiro atoms.